The maximum atomic E-state index is 13.2. The molecule has 5 nitrogen and oxygen atoms in total. The summed E-state index contributed by atoms with van der Waals surface area (Å²) in [7, 11) is 0. The molecule has 1 aliphatic heterocycles. The van der Waals surface area contributed by atoms with E-state index < -0.39 is 0 Å². The predicted octanol–water partition coefficient (Wildman–Crippen LogP) is 5.70. The van der Waals surface area contributed by atoms with E-state index in [9.17, 15) is 9.59 Å². The molecule has 0 saturated carbocycles. The molecular weight excluding hydrogens is 435 g/mol. The lowest BCUT2D eigenvalue weighted by molar-refractivity contribution is -0.137. The summed E-state index contributed by atoms with van der Waals surface area (Å²) in [6, 6.07) is 12.3. The Labute approximate surface area is 193 Å². The standard InChI is InChI=1S/C24H26Cl2N2O3/c1-3-4-14-31-15-6-13-28-23(29)21(17-9-11-18(25)12-10-17)22(24(28)30)27-20-8-5-7-19(26)16(20)2/h5,7-12,27H,3-4,6,13-15H2,1-2H3. The largest absolute Gasteiger partial charge is 0.381 e. The highest BCUT2D eigenvalue weighted by Gasteiger charge is 2.39. The zero-order valence-corrected chi connectivity index (χ0v) is 19.2. The SMILES string of the molecule is CCCCOCCCN1C(=O)C(Nc2cccc(Cl)c2C)=C(c2ccc(Cl)cc2)C1=O. The first-order valence-electron chi connectivity index (χ1n) is 10.4. The van der Waals surface area contributed by atoms with Crippen molar-refractivity contribution >= 4 is 46.3 Å². The number of anilines is 1. The molecular formula is C24H26Cl2N2O3. The minimum absolute atomic E-state index is 0.240. The Balaban J connectivity index is 1.86. The number of carbonyl (C=O) groups excluding carboxylic acids is 2. The number of imide groups is 1. The van der Waals surface area contributed by atoms with Gasteiger partial charge in [-0.25, -0.2) is 0 Å². The van der Waals surface area contributed by atoms with Crippen LogP contribution in [0.3, 0.4) is 0 Å². The first-order valence-corrected chi connectivity index (χ1v) is 11.2. The van der Waals surface area contributed by atoms with Crippen molar-refractivity contribution in [2.24, 2.45) is 0 Å². The van der Waals surface area contributed by atoms with E-state index in [0.717, 1.165) is 18.4 Å². The van der Waals surface area contributed by atoms with Crippen molar-refractivity contribution in [3.8, 4) is 0 Å². The molecule has 0 saturated heterocycles. The molecule has 0 radical (unpaired) electrons. The van der Waals surface area contributed by atoms with Gasteiger partial charge < -0.3 is 10.1 Å². The molecule has 31 heavy (non-hydrogen) atoms. The third kappa shape index (κ3) is 5.48. The van der Waals surface area contributed by atoms with Gasteiger partial charge in [0.25, 0.3) is 11.8 Å². The summed E-state index contributed by atoms with van der Waals surface area (Å²) < 4.78 is 5.57. The zero-order chi connectivity index (χ0) is 22.4. The van der Waals surface area contributed by atoms with Crippen LogP contribution in [0, 0.1) is 6.92 Å². The quantitative estimate of drug-likeness (QED) is 0.364. The van der Waals surface area contributed by atoms with E-state index in [0.29, 0.717) is 53.0 Å². The highest BCUT2D eigenvalue weighted by molar-refractivity contribution is 6.37. The van der Waals surface area contributed by atoms with E-state index in [2.05, 4.69) is 12.2 Å². The topological polar surface area (TPSA) is 58.6 Å². The van der Waals surface area contributed by atoms with Crippen molar-refractivity contribution in [1.29, 1.82) is 0 Å². The number of carbonyl (C=O) groups is 2. The third-order valence-electron chi connectivity index (χ3n) is 5.14. The molecule has 3 rings (SSSR count). The van der Waals surface area contributed by atoms with Crippen LogP contribution in [0.1, 0.15) is 37.3 Å². The molecule has 0 bridgehead atoms. The van der Waals surface area contributed by atoms with Crippen LogP contribution in [0.25, 0.3) is 5.57 Å². The zero-order valence-electron chi connectivity index (χ0n) is 17.7. The smallest absolute Gasteiger partial charge is 0.278 e. The van der Waals surface area contributed by atoms with Crippen LogP contribution in [-0.4, -0.2) is 36.5 Å². The van der Waals surface area contributed by atoms with Gasteiger partial charge in [0.2, 0.25) is 0 Å². The fourth-order valence-electron chi connectivity index (χ4n) is 3.33. The number of rotatable bonds is 10. The second kappa shape index (κ2) is 10.8. The van der Waals surface area contributed by atoms with E-state index in [1.165, 1.54) is 4.90 Å². The number of amides is 2. The number of hydrogen-bond donors (Lipinski definition) is 1. The Morgan fingerprint density at radius 2 is 1.68 bits per heavy atom. The van der Waals surface area contributed by atoms with Crippen LogP contribution in [0.4, 0.5) is 5.69 Å². The van der Waals surface area contributed by atoms with E-state index in [-0.39, 0.29) is 17.5 Å². The van der Waals surface area contributed by atoms with Gasteiger partial charge in [0.1, 0.15) is 5.70 Å². The molecule has 0 aliphatic carbocycles. The number of unbranched alkanes of at least 4 members (excludes halogenated alkanes) is 1. The Morgan fingerprint density at radius 1 is 0.968 bits per heavy atom. The van der Waals surface area contributed by atoms with Crippen molar-refractivity contribution in [1.82, 2.24) is 4.90 Å². The molecule has 1 aliphatic rings. The monoisotopic (exact) mass is 460 g/mol. The molecule has 0 spiro atoms. The number of ether oxygens (including phenoxy) is 1. The summed E-state index contributed by atoms with van der Waals surface area (Å²) in [6.07, 6.45) is 2.64. The van der Waals surface area contributed by atoms with Gasteiger partial charge in [-0.3, -0.25) is 14.5 Å². The Bertz CT molecular complexity index is 987. The number of halogens is 2. The maximum Gasteiger partial charge on any atom is 0.278 e. The van der Waals surface area contributed by atoms with Gasteiger partial charge in [-0.15, -0.1) is 0 Å². The van der Waals surface area contributed by atoms with Gasteiger partial charge in [-0.05, 0) is 55.2 Å². The molecule has 0 atom stereocenters. The van der Waals surface area contributed by atoms with Crippen LogP contribution in [-0.2, 0) is 14.3 Å². The van der Waals surface area contributed by atoms with Crippen LogP contribution < -0.4 is 5.32 Å². The van der Waals surface area contributed by atoms with E-state index >= 15 is 0 Å². The van der Waals surface area contributed by atoms with Crippen LogP contribution in [0.5, 0.6) is 0 Å². The summed E-state index contributed by atoms with van der Waals surface area (Å²) in [5.41, 5.74) is 2.68. The van der Waals surface area contributed by atoms with Gasteiger partial charge in [-0.2, -0.15) is 0 Å². The minimum atomic E-state index is -0.358. The van der Waals surface area contributed by atoms with Crippen molar-refractivity contribution in [3.63, 3.8) is 0 Å². The average Bonchev–Trinajstić information content (AvgIpc) is 2.98. The highest BCUT2D eigenvalue weighted by Crippen LogP contribution is 2.33. The van der Waals surface area contributed by atoms with Gasteiger partial charge in [-0.1, -0.05) is 54.7 Å². The van der Waals surface area contributed by atoms with E-state index in [1.54, 1.807) is 36.4 Å². The van der Waals surface area contributed by atoms with Gasteiger partial charge in [0, 0.05) is 35.5 Å². The number of hydrogen-bond acceptors (Lipinski definition) is 4. The lowest BCUT2D eigenvalue weighted by atomic mass is 10.0. The summed E-state index contributed by atoms with van der Waals surface area (Å²) >= 11 is 12.3. The van der Waals surface area contributed by atoms with Crippen LogP contribution >= 0.6 is 23.2 Å². The minimum Gasteiger partial charge on any atom is -0.381 e. The molecule has 1 heterocycles. The van der Waals surface area contributed by atoms with Crippen molar-refractivity contribution < 1.29 is 14.3 Å². The molecule has 2 aromatic carbocycles. The summed E-state index contributed by atoms with van der Waals surface area (Å²) in [5, 5.41) is 4.30. The van der Waals surface area contributed by atoms with Crippen molar-refractivity contribution in [3.05, 3.63) is 69.3 Å². The summed E-state index contributed by atoms with van der Waals surface area (Å²) in [5.74, 6) is -0.689. The van der Waals surface area contributed by atoms with Crippen LogP contribution in [0.15, 0.2) is 48.2 Å². The molecule has 164 valence electrons. The predicted molar refractivity (Wildman–Crippen MR) is 125 cm³/mol. The van der Waals surface area contributed by atoms with Gasteiger partial charge in [0.05, 0.1) is 5.57 Å². The lowest BCUT2D eigenvalue weighted by Crippen LogP contribution is -2.34. The molecule has 0 unspecified atom stereocenters. The molecule has 0 aromatic heterocycles. The van der Waals surface area contributed by atoms with Gasteiger partial charge in [0.15, 0.2) is 0 Å². The molecule has 1 N–H and O–H groups in total. The molecule has 7 heteroatoms. The Morgan fingerprint density at radius 3 is 2.39 bits per heavy atom. The molecule has 0 fully saturated rings. The first-order chi connectivity index (χ1) is 14.9. The molecule has 2 amide bonds. The fourth-order valence-corrected chi connectivity index (χ4v) is 3.63. The average molecular weight is 461 g/mol. The van der Waals surface area contributed by atoms with Crippen molar-refractivity contribution in [2.75, 3.05) is 25.1 Å². The Hall–Kier alpha value is -2.34. The maximum absolute atomic E-state index is 13.2. The normalized spacial score (nSPS) is 14.0. The second-order valence-electron chi connectivity index (χ2n) is 7.38. The number of nitrogens with one attached hydrogen (secondary N) is 1. The van der Waals surface area contributed by atoms with Crippen molar-refractivity contribution in [2.45, 2.75) is 33.1 Å². The third-order valence-corrected chi connectivity index (χ3v) is 5.80. The summed E-state index contributed by atoms with van der Waals surface area (Å²) in [6.45, 7) is 5.45. The van der Waals surface area contributed by atoms with E-state index in [1.807, 2.05) is 13.0 Å². The number of benzene rings is 2. The number of nitrogens with zero attached hydrogens (tertiary/aromatic N) is 1. The fraction of sp³-hybridized carbons (Fsp3) is 0.333. The Kier molecular flexibility index (Phi) is 8.13. The van der Waals surface area contributed by atoms with Crippen LogP contribution in [0.2, 0.25) is 10.0 Å². The van der Waals surface area contributed by atoms with E-state index in [4.69, 9.17) is 27.9 Å². The first kappa shape index (κ1) is 23.3. The summed E-state index contributed by atoms with van der Waals surface area (Å²) in [4.78, 5) is 27.7. The van der Waals surface area contributed by atoms with Gasteiger partial charge >= 0.3 is 0 Å². The molecule has 2 aromatic rings. The highest BCUT2D eigenvalue weighted by atomic mass is 35.5. The lowest BCUT2D eigenvalue weighted by Gasteiger charge is -2.16. The second-order valence-corrected chi connectivity index (χ2v) is 8.22.